The Bertz CT molecular complexity index is 585. The first-order chi connectivity index (χ1) is 9.51. The molecule has 1 atom stereocenters. The molecule has 1 aromatic carbocycles. The highest BCUT2D eigenvalue weighted by atomic mass is 79.9. The second kappa shape index (κ2) is 6.70. The van der Waals surface area contributed by atoms with Gasteiger partial charge in [-0.1, -0.05) is 6.07 Å². The molecule has 0 aliphatic carbocycles. The van der Waals surface area contributed by atoms with Gasteiger partial charge in [-0.05, 0) is 53.7 Å². The first-order valence-corrected chi connectivity index (χ1v) is 8.09. The van der Waals surface area contributed by atoms with E-state index in [2.05, 4.69) is 27.3 Å². The Morgan fingerprint density at radius 3 is 2.70 bits per heavy atom. The van der Waals surface area contributed by atoms with E-state index in [-0.39, 0.29) is 11.9 Å². The van der Waals surface area contributed by atoms with Gasteiger partial charge in [-0.25, -0.2) is 4.39 Å². The highest BCUT2D eigenvalue weighted by molar-refractivity contribution is 9.10. The number of anilines is 1. The standard InChI is InChI=1S/C15H18BrFN2S/c1-10(18-2)11-4-5-15(14(17)6-11)19(3)8-13-7-12(16)9-20-13/h4-7,9-10,18H,8H2,1-3H3. The maximum Gasteiger partial charge on any atom is 0.146 e. The second-order valence-electron chi connectivity index (χ2n) is 4.81. The van der Waals surface area contributed by atoms with Crippen molar-refractivity contribution in [3.05, 3.63) is 50.4 Å². The summed E-state index contributed by atoms with van der Waals surface area (Å²) in [5.41, 5.74) is 1.59. The molecule has 20 heavy (non-hydrogen) atoms. The first kappa shape index (κ1) is 15.5. The third-order valence-corrected chi connectivity index (χ3v) is 5.01. The van der Waals surface area contributed by atoms with Crippen molar-refractivity contribution in [3.63, 3.8) is 0 Å². The normalized spacial score (nSPS) is 12.4. The van der Waals surface area contributed by atoms with Crippen LogP contribution in [-0.2, 0) is 6.54 Å². The predicted octanol–water partition coefficient (Wildman–Crippen LogP) is 4.57. The van der Waals surface area contributed by atoms with Crippen LogP contribution in [0.3, 0.4) is 0 Å². The van der Waals surface area contributed by atoms with Gasteiger partial charge >= 0.3 is 0 Å². The van der Waals surface area contributed by atoms with Gasteiger partial charge in [0.05, 0.1) is 12.2 Å². The lowest BCUT2D eigenvalue weighted by Gasteiger charge is -2.20. The van der Waals surface area contributed by atoms with Crippen molar-refractivity contribution in [2.45, 2.75) is 19.5 Å². The molecule has 0 aliphatic heterocycles. The van der Waals surface area contributed by atoms with E-state index in [0.717, 1.165) is 10.0 Å². The number of rotatable bonds is 5. The minimum Gasteiger partial charge on any atom is -0.367 e. The summed E-state index contributed by atoms with van der Waals surface area (Å²) in [6.45, 7) is 2.72. The van der Waals surface area contributed by atoms with E-state index in [9.17, 15) is 4.39 Å². The molecule has 0 spiro atoms. The Hall–Kier alpha value is -0.910. The summed E-state index contributed by atoms with van der Waals surface area (Å²) in [6.07, 6.45) is 0. The zero-order valence-corrected chi connectivity index (χ0v) is 14.2. The van der Waals surface area contributed by atoms with Gasteiger partial charge in [-0.3, -0.25) is 0 Å². The van der Waals surface area contributed by atoms with E-state index in [1.54, 1.807) is 17.4 Å². The lowest BCUT2D eigenvalue weighted by molar-refractivity contribution is 0.605. The molecule has 0 radical (unpaired) electrons. The van der Waals surface area contributed by atoms with E-state index in [1.807, 2.05) is 43.4 Å². The Kier molecular flexibility index (Phi) is 5.18. The summed E-state index contributed by atoms with van der Waals surface area (Å²) in [5, 5.41) is 5.15. The molecule has 0 bridgehead atoms. The quantitative estimate of drug-likeness (QED) is 0.844. The highest BCUT2D eigenvalue weighted by Crippen LogP contribution is 2.26. The van der Waals surface area contributed by atoms with Crippen molar-refractivity contribution in [3.8, 4) is 0 Å². The van der Waals surface area contributed by atoms with Crippen LogP contribution in [0.2, 0.25) is 0 Å². The monoisotopic (exact) mass is 356 g/mol. The molecule has 0 fully saturated rings. The molecule has 1 aromatic heterocycles. The van der Waals surface area contributed by atoms with Crippen LogP contribution in [0.5, 0.6) is 0 Å². The minimum atomic E-state index is -0.178. The van der Waals surface area contributed by atoms with Gasteiger partial charge in [0.15, 0.2) is 0 Å². The van der Waals surface area contributed by atoms with Crippen molar-refractivity contribution in [1.29, 1.82) is 0 Å². The SMILES string of the molecule is CNC(C)c1ccc(N(C)Cc2cc(Br)cs2)c(F)c1. The fourth-order valence-electron chi connectivity index (χ4n) is 2.02. The number of thiophene rings is 1. The smallest absolute Gasteiger partial charge is 0.146 e. The number of hydrogen-bond acceptors (Lipinski definition) is 3. The third kappa shape index (κ3) is 3.59. The van der Waals surface area contributed by atoms with Gasteiger partial charge in [0.2, 0.25) is 0 Å². The Balaban J connectivity index is 2.15. The van der Waals surface area contributed by atoms with E-state index in [1.165, 1.54) is 4.88 Å². The zero-order chi connectivity index (χ0) is 14.7. The molecule has 5 heteroatoms. The van der Waals surface area contributed by atoms with Crippen molar-refractivity contribution in [2.75, 3.05) is 19.0 Å². The zero-order valence-electron chi connectivity index (χ0n) is 11.8. The summed E-state index contributed by atoms with van der Waals surface area (Å²) in [5.74, 6) is -0.178. The van der Waals surface area contributed by atoms with Crippen LogP contribution in [-0.4, -0.2) is 14.1 Å². The molecule has 0 aliphatic rings. The number of hydrogen-bond donors (Lipinski definition) is 1. The van der Waals surface area contributed by atoms with Crippen molar-refractivity contribution >= 4 is 33.0 Å². The maximum atomic E-state index is 14.2. The third-order valence-electron chi connectivity index (χ3n) is 3.33. The number of nitrogens with zero attached hydrogens (tertiary/aromatic N) is 1. The van der Waals surface area contributed by atoms with Crippen molar-refractivity contribution < 1.29 is 4.39 Å². The topological polar surface area (TPSA) is 15.3 Å². The summed E-state index contributed by atoms with van der Waals surface area (Å²) in [4.78, 5) is 3.13. The Labute approximate surface area is 131 Å². The second-order valence-corrected chi connectivity index (χ2v) is 6.72. The van der Waals surface area contributed by atoms with Crippen LogP contribution in [0.25, 0.3) is 0 Å². The van der Waals surface area contributed by atoms with Crippen LogP contribution in [0, 0.1) is 5.82 Å². The van der Waals surface area contributed by atoms with Crippen LogP contribution < -0.4 is 10.2 Å². The number of halogens is 2. The molecule has 0 saturated heterocycles. The van der Waals surface area contributed by atoms with Gasteiger partial charge in [0.25, 0.3) is 0 Å². The van der Waals surface area contributed by atoms with Crippen molar-refractivity contribution in [2.24, 2.45) is 0 Å². The fourth-order valence-corrected chi connectivity index (χ4v) is 3.53. The van der Waals surface area contributed by atoms with E-state index in [4.69, 9.17) is 0 Å². The molecule has 1 heterocycles. The Morgan fingerprint density at radius 2 is 2.15 bits per heavy atom. The van der Waals surface area contributed by atoms with Crippen LogP contribution in [0.15, 0.2) is 34.1 Å². The predicted molar refractivity (Wildman–Crippen MR) is 88.0 cm³/mol. The van der Waals surface area contributed by atoms with Gasteiger partial charge < -0.3 is 10.2 Å². The average molecular weight is 357 g/mol. The van der Waals surface area contributed by atoms with Crippen LogP contribution >= 0.6 is 27.3 Å². The van der Waals surface area contributed by atoms with E-state index < -0.39 is 0 Å². The van der Waals surface area contributed by atoms with Gasteiger partial charge in [-0.15, -0.1) is 11.3 Å². The minimum absolute atomic E-state index is 0.150. The molecule has 1 N–H and O–H groups in total. The molecule has 0 saturated carbocycles. The Morgan fingerprint density at radius 1 is 1.40 bits per heavy atom. The molecule has 1 unspecified atom stereocenters. The fraction of sp³-hybridized carbons (Fsp3) is 0.333. The molecule has 108 valence electrons. The highest BCUT2D eigenvalue weighted by Gasteiger charge is 2.12. The molecule has 2 aromatic rings. The summed E-state index contributed by atoms with van der Waals surface area (Å²) in [7, 11) is 3.78. The summed E-state index contributed by atoms with van der Waals surface area (Å²) in [6, 6.07) is 7.65. The number of benzene rings is 1. The largest absolute Gasteiger partial charge is 0.367 e. The molecular weight excluding hydrogens is 339 g/mol. The summed E-state index contributed by atoms with van der Waals surface area (Å²) < 4.78 is 15.3. The molecule has 2 nitrogen and oxygen atoms in total. The van der Waals surface area contributed by atoms with Crippen LogP contribution in [0.1, 0.15) is 23.4 Å². The van der Waals surface area contributed by atoms with E-state index in [0.29, 0.717) is 12.2 Å². The maximum absolute atomic E-state index is 14.2. The molecule has 0 amide bonds. The summed E-state index contributed by atoms with van der Waals surface area (Å²) >= 11 is 5.11. The van der Waals surface area contributed by atoms with E-state index >= 15 is 0 Å². The lowest BCUT2D eigenvalue weighted by Crippen LogP contribution is -2.18. The van der Waals surface area contributed by atoms with Gasteiger partial charge in [0, 0.05) is 27.8 Å². The molecular formula is C15H18BrFN2S. The van der Waals surface area contributed by atoms with Gasteiger partial charge in [0.1, 0.15) is 5.82 Å². The lowest BCUT2D eigenvalue weighted by atomic mass is 10.1. The van der Waals surface area contributed by atoms with Gasteiger partial charge in [-0.2, -0.15) is 0 Å². The van der Waals surface area contributed by atoms with Crippen LogP contribution in [0.4, 0.5) is 10.1 Å². The van der Waals surface area contributed by atoms with Crippen molar-refractivity contribution in [1.82, 2.24) is 5.32 Å². The first-order valence-electron chi connectivity index (χ1n) is 6.42. The average Bonchev–Trinajstić information content (AvgIpc) is 2.82. The number of nitrogens with one attached hydrogen (secondary N) is 1. The molecule has 2 rings (SSSR count).